The average Bonchev–Trinajstić information content (AvgIpc) is 2.81. The van der Waals surface area contributed by atoms with Crippen LogP contribution in [0.5, 0.6) is 11.5 Å². The minimum absolute atomic E-state index is 0.288. The van der Waals surface area contributed by atoms with E-state index in [0.717, 1.165) is 32.3 Å². The van der Waals surface area contributed by atoms with Gasteiger partial charge in [-0.15, -0.1) is 0 Å². The lowest BCUT2D eigenvalue weighted by molar-refractivity contribution is -0.121. The van der Waals surface area contributed by atoms with Crippen LogP contribution in [0, 0.1) is 6.92 Å². The Morgan fingerprint density at radius 2 is 2.08 bits per heavy atom. The first-order valence-electron chi connectivity index (χ1n) is 7.26. The maximum atomic E-state index is 12.1. The smallest absolute Gasteiger partial charge is 0.293 e. The summed E-state index contributed by atoms with van der Waals surface area (Å²) < 4.78 is 6.66. The number of carbonyl (C=O) groups excluding carboxylic acids is 2. The van der Waals surface area contributed by atoms with E-state index in [1.165, 1.54) is 7.05 Å². The van der Waals surface area contributed by atoms with E-state index in [0.29, 0.717) is 22.2 Å². The van der Waals surface area contributed by atoms with Gasteiger partial charge in [0.2, 0.25) is 0 Å². The van der Waals surface area contributed by atoms with E-state index < -0.39 is 0 Å². The third-order valence-corrected chi connectivity index (χ3v) is 5.20. The summed E-state index contributed by atoms with van der Waals surface area (Å²) in [6, 6.07) is 7.08. The molecule has 8 heteroatoms. The second kappa shape index (κ2) is 6.89. The summed E-state index contributed by atoms with van der Waals surface area (Å²) in [5, 5.41) is -0.288. The molecule has 1 fully saturated rings. The molecule has 0 bridgehead atoms. The Bertz CT molecular complexity index is 897. The summed E-state index contributed by atoms with van der Waals surface area (Å²) in [5.41, 5.74) is 7.22. The van der Waals surface area contributed by atoms with Crippen LogP contribution in [0.3, 0.4) is 0 Å². The fraction of sp³-hybridized carbons (Fsp3) is 0.118. The first-order valence-corrected chi connectivity index (χ1v) is 8.87. The third kappa shape index (κ3) is 3.69. The maximum absolute atomic E-state index is 12.1. The lowest BCUT2D eigenvalue weighted by Gasteiger charge is -2.11. The normalized spacial score (nSPS) is 16.0. The van der Waals surface area contributed by atoms with E-state index in [1.54, 1.807) is 30.5 Å². The summed E-state index contributed by atoms with van der Waals surface area (Å²) in [6.45, 7) is 1.91. The van der Waals surface area contributed by atoms with E-state index in [9.17, 15) is 9.59 Å². The van der Waals surface area contributed by atoms with Crippen LogP contribution >= 0.6 is 27.7 Å². The number of imide groups is 1. The number of nitrogen functional groups attached to an aromatic ring is 1. The first-order chi connectivity index (χ1) is 11.8. The Balaban J connectivity index is 1.94. The monoisotopic (exact) mass is 419 g/mol. The number of benzene rings is 1. The van der Waals surface area contributed by atoms with Gasteiger partial charge < -0.3 is 10.5 Å². The summed E-state index contributed by atoms with van der Waals surface area (Å²) in [6.07, 6.45) is 3.21. The highest BCUT2D eigenvalue weighted by Gasteiger charge is 2.31. The molecular formula is C17H14BrN3O3S. The number of ether oxygens (including phenoxy) is 1. The van der Waals surface area contributed by atoms with Gasteiger partial charge in [-0.05, 0) is 60.2 Å². The predicted molar refractivity (Wildman–Crippen MR) is 101 cm³/mol. The number of rotatable bonds is 3. The summed E-state index contributed by atoms with van der Waals surface area (Å²) >= 11 is 4.40. The van der Waals surface area contributed by atoms with Gasteiger partial charge in [-0.2, -0.15) is 0 Å². The number of aryl methyl sites for hydroxylation is 1. The number of amides is 2. The quantitative estimate of drug-likeness (QED) is 0.750. The van der Waals surface area contributed by atoms with Gasteiger partial charge >= 0.3 is 0 Å². The maximum Gasteiger partial charge on any atom is 0.293 e. The van der Waals surface area contributed by atoms with E-state index in [2.05, 4.69) is 20.9 Å². The largest absolute Gasteiger partial charge is 0.455 e. The molecular weight excluding hydrogens is 406 g/mol. The Morgan fingerprint density at radius 1 is 1.32 bits per heavy atom. The molecule has 1 aliphatic rings. The molecule has 2 heterocycles. The molecule has 0 saturated carbocycles. The molecule has 0 unspecified atom stereocenters. The van der Waals surface area contributed by atoms with Crippen molar-refractivity contribution in [2.45, 2.75) is 6.92 Å². The third-order valence-electron chi connectivity index (χ3n) is 3.55. The standard InChI is InChI=1S/C17H14BrN3O3S/c1-9-5-12(18)10(7-14-16(22)21(2)17(23)25-14)6-13(9)24-11-3-4-15(19)20-8-11/h3-8H,1-2H3,(H2,19,20)/b14-7-. The molecule has 0 atom stereocenters. The fourth-order valence-electron chi connectivity index (χ4n) is 2.16. The Morgan fingerprint density at radius 3 is 2.68 bits per heavy atom. The Labute approximate surface area is 157 Å². The van der Waals surface area contributed by atoms with Crippen LogP contribution in [0.4, 0.5) is 10.6 Å². The SMILES string of the molecule is Cc1cc(Br)c(/C=C2\SC(=O)N(C)C2=O)cc1Oc1ccc(N)nc1. The highest BCUT2D eigenvalue weighted by atomic mass is 79.9. The molecule has 2 aromatic rings. The number of aromatic nitrogens is 1. The van der Waals surface area contributed by atoms with Crippen LogP contribution in [0.25, 0.3) is 6.08 Å². The van der Waals surface area contributed by atoms with Crippen molar-refractivity contribution in [1.29, 1.82) is 0 Å². The number of nitrogens with two attached hydrogens (primary N) is 1. The van der Waals surface area contributed by atoms with Crippen LogP contribution < -0.4 is 10.5 Å². The number of thioether (sulfide) groups is 1. The fourth-order valence-corrected chi connectivity index (χ4v) is 3.55. The van der Waals surface area contributed by atoms with Gasteiger partial charge in [0, 0.05) is 11.5 Å². The van der Waals surface area contributed by atoms with Gasteiger partial charge in [-0.1, -0.05) is 15.9 Å². The number of pyridine rings is 1. The van der Waals surface area contributed by atoms with Gasteiger partial charge in [-0.25, -0.2) is 4.98 Å². The zero-order valence-electron chi connectivity index (χ0n) is 13.4. The average molecular weight is 420 g/mol. The number of likely N-dealkylation sites (N-methyl/N-ethyl adjacent to an activating group) is 1. The molecule has 0 radical (unpaired) electrons. The van der Waals surface area contributed by atoms with Crippen molar-refractivity contribution in [3.8, 4) is 11.5 Å². The van der Waals surface area contributed by atoms with Crippen molar-refractivity contribution in [3.63, 3.8) is 0 Å². The van der Waals surface area contributed by atoms with Crippen LogP contribution in [0.2, 0.25) is 0 Å². The van der Waals surface area contributed by atoms with Gasteiger partial charge in [0.1, 0.15) is 17.3 Å². The van der Waals surface area contributed by atoms with Crippen LogP contribution in [-0.2, 0) is 4.79 Å². The second-order valence-electron chi connectivity index (χ2n) is 5.40. The molecule has 1 aliphatic heterocycles. The second-order valence-corrected chi connectivity index (χ2v) is 7.25. The molecule has 2 N–H and O–H groups in total. The summed E-state index contributed by atoms with van der Waals surface area (Å²) in [5.74, 6) is 1.28. The zero-order valence-corrected chi connectivity index (χ0v) is 15.8. The Hall–Kier alpha value is -2.32. The molecule has 3 rings (SSSR count). The lowest BCUT2D eigenvalue weighted by Crippen LogP contribution is -2.22. The number of nitrogens with zero attached hydrogens (tertiary/aromatic N) is 2. The molecule has 1 saturated heterocycles. The number of anilines is 1. The van der Waals surface area contributed by atoms with Gasteiger partial charge in [-0.3, -0.25) is 14.5 Å². The van der Waals surface area contributed by atoms with Crippen molar-refractivity contribution < 1.29 is 14.3 Å². The number of carbonyl (C=O) groups is 2. The van der Waals surface area contributed by atoms with Crippen LogP contribution in [0.15, 0.2) is 39.8 Å². The highest BCUT2D eigenvalue weighted by Crippen LogP contribution is 2.35. The number of hydrogen-bond donors (Lipinski definition) is 1. The summed E-state index contributed by atoms with van der Waals surface area (Å²) in [4.78, 5) is 29.1. The molecule has 6 nitrogen and oxygen atoms in total. The van der Waals surface area contributed by atoms with E-state index in [1.807, 2.05) is 13.0 Å². The van der Waals surface area contributed by atoms with E-state index >= 15 is 0 Å². The van der Waals surface area contributed by atoms with Crippen LogP contribution in [-0.4, -0.2) is 28.1 Å². The molecule has 1 aromatic heterocycles. The van der Waals surface area contributed by atoms with Crippen molar-refractivity contribution in [2.24, 2.45) is 0 Å². The number of hydrogen-bond acceptors (Lipinski definition) is 6. The molecule has 0 spiro atoms. The minimum atomic E-state index is -0.312. The van der Waals surface area contributed by atoms with E-state index in [4.69, 9.17) is 10.5 Å². The molecule has 2 amide bonds. The Kier molecular flexibility index (Phi) is 4.82. The first kappa shape index (κ1) is 17.5. The number of halogens is 1. The molecule has 1 aromatic carbocycles. The van der Waals surface area contributed by atoms with Crippen molar-refractivity contribution in [2.75, 3.05) is 12.8 Å². The van der Waals surface area contributed by atoms with Gasteiger partial charge in [0.05, 0.1) is 11.1 Å². The van der Waals surface area contributed by atoms with Crippen LogP contribution in [0.1, 0.15) is 11.1 Å². The topological polar surface area (TPSA) is 85.5 Å². The summed E-state index contributed by atoms with van der Waals surface area (Å²) in [7, 11) is 1.46. The van der Waals surface area contributed by atoms with Crippen molar-refractivity contribution in [3.05, 3.63) is 51.0 Å². The molecule has 0 aliphatic carbocycles. The van der Waals surface area contributed by atoms with Gasteiger partial charge in [0.15, 0.2) is 0 Å². The van der Waals surface area contributed by atoms with Gasteiger partial charge in [0.25, 0.3) is 11.1 Å². The minimum Gasteiger partial charge on any atom is -0.455 e. The van der Waals surface area contributed by atoms with E-state index in [-0.39, 0.29) is 11.1 Å². The molecule has 128 valence electrons. The molecule has 25 heavy (non-hydrogen) atoms. The lowest BCUT2D eigenvalue weighted by atomic mass is 10.1. The zero-order chi connectivity index (χ0) is 18.1. The van der Waals surface area contributed by atoms with Crippen molar-refractivity contribution >= 4 is 50.7 Å². The van der Waals surface area contributed by atoms with Crippen molar-refractivity contribution in [1.82, 2.24) is 9.88 Å². The highest BCUT2D eigenvalue weighted by molar-refractivity contribution is 9.10. The predicted octanol–water partition coefficient (Wildman–Crippen LogP) is 4.19.